The third-order valence-corrected chi connectivity index (χ3v) is 5.13. The van der Waals surface area contributed by atoms with E-state index in [2.05, 4.69) is 20.4 Å². The van der Waals surface area contributed by atoms with Gasteiger partial charge in [-0.05, 0) is 49.1 Å². The fourth-order valence-corrected chi connectivity index (χ4v) is 3.50. The number of nitrogens with two attached hydrogens (primary N) is 2. The molecular weight excluding hydrogens is 434 g/mol. The van der Waals surface area contributed by atoms with Gasteiger partial charge in [-0.2, -0.15) is 0 Å². The molecule has 0 aromatic heterocycles. The van der Waals surface area contributed by atoms with Crippen molar-refractivity contribution in [2.75, 3.05) is 18.5 Å². The average molecular weight is 464 g/mol. The largest absolute Gasteiger partial charge is 0.450 e. The molecule has 2 aromatic rings. The highest BCUT2D eigenvalue weighted by atomic mass is 16.5. The van der Waals surface area contributed by atoms with Crippen LogP contribution in [-0.2, 0) is 20.7 Å². The van der Waals surface area contributed by atoms with Crippen LogP contribution in [0.5, 0.6) is 0 Å². The van der Waals surface area contributed by atoms with Gasteiger partial charge in [0.05, 0.1) is 12.3 Å². The van der Waals surface area contributed by atoms with Crippen LogP contribution >= 0.6 is 0 Å². The number of carbonyl (C=O) groups is 3. The second kappa shape index (κ2) is 12.2. The molecule has 3 amide bonds. The maximum absolute atomic E-state index is 12.5. The molecule has 1 heterocycles. The molecule has 1 aliphatic rings. The SMILES string of the molecule is NC(=O)OCCCNC(=O)C1=Cc2ccc(CCCC(=O)Nc3ccccc3)cc2N=C(N)C1. The van der Waals surface area contributed by atoms with Crippen molar-refractivity contribution in [3.05, 3.63) is 65.2 Å². The minimum absolute atomic E-state index is 0.0250. The van der Waals surface area contributed by atoms with E-state index >= 15 is 0 Å². The number of hydrogen-bond acceptors (Lipinski definition) is 6. The molecule has 6 N–H and O–H groups in total. The quantitative estimate of drug-likeness (QED) is 0.400. The zero-order valence-electron chi connectivity index (χ0n) is 18.9. The normalized spacial score (nSPS) is 12.5. The molecule has 0 spiro atoms. The minimum Gasteiger partial charge on any atom is -0.450 e. The Morgan fingerprint density at radius 3 is 2.62 bits per heavy atom. The third-order valence-electron chi connectivity index (χ3n) is 5.13. The van der Waals surface area contributed by atoms with Crippen LogP contribution in [0.3, 0.4) is 0 Å². The predicted octanol–water partition coefficient (Wildman–Crippen LogP) is 3.03. The van der Waals surface area contributed by atoms with E-state index in [-0.39, 0.29) is 24.8 Å². The van der Waals surface area contributed by atoms with Crippen molar-refractivity contribution in [1.82, 2.24) is 5.32 Å². The number of primary amides is 1. The van der Waals surface area contributed by atoms with Gasteiger partial charge in [-0.15, -0.1) is 0 Å². The van der Waals surface area contributed by atoms with Gasteiger partial charge >= 0.3 is 6.09 Å². The lowest BCUT2D eigenvalue weighted by molar-refractivity contribution is -0.117. The topological polar surface area (TPSA) is 149 Å². The van der Waals surface area contributed by atoms with Crippen molar-refractivity contribution in [3.8, 4) is 0 Å². The lowest BCUT2D eigenvalue weighted by atomic mass is 10.0. The van der Waals surface area contributed by atoms with Gasteiger partial charge in [-0.1, -0.05) is 30.3 Å². The van der Waals surface area contributed by atoms with E-state index in [1.165, 1.54) is 0 Å². The molecule has 0 saturated heterocycles. The number of amides is 3. The first-order valence-electron chi connectivity index (χ1n) is 11.1. The summed E-state index contributed by atoms with van der Waals surface area (Å²) >= 11 is 0. The zero-order valence-corrected chi connectivity index (χ0v) is 18.9. The van der Waals surface area contributed by atoms with Crippen molar-refractivity contribution in [2.24, 2.45) is 16.5 Å². The highest BCUT2D eigenvalue weighted by Crippen LogP contribution is 2.28. The summed E-state index contributed by atoms with van der Waals surface area (Å²) in [7, 11) is 0. The summed E-state index contributed by atoms with van der Waals surface area (Å²) in [6.45, 7) is 0.474. The molecule has 0 unspecified atom stereocenters. The molecule has 0 fully saturated rings. The van der Waals surface area contributed by atoms with Gasteiger partial charge in [0, 0.05) is 36.2 Å². The summed E-state index contributed by atoms with van der Waals surface area (Å²) in [4.78, 5) is 39.7. The van der Waals surface area contributed by atoms with Crippen molar-refractivity contribution < 1.29 is 19.1 Å². The molecular formula is C25H29N5O4. The highest BCUT2D eigenvalue weighted by Gasteiger charge is 2.16. The van der Waals surface area contributed by atoms with Crippen LogP contribution in [0.2, 0.25) is 0 Å². The van der Waals surface area contributed by atoms with Gasteiger partial charge in [0.1, 0.15) is 5.84 Å². The molecule has 34 heavy (non-hydrogen) atoms. The number of amidine groups is 1. The Bertz CT molecular complexity index is 1100. The average Bonchev–Trinajstić information content (AvgIpc) is 2.97. The minimum atomic E-state index is -0.840. The van der Waals surface area contributed by atoms with E-state index in [1.807, 2.05) is 48.5 Å². The van der Waals surface area contributed by atoms with Gasteiger partial charge in [0.2, 0.25) is 11.8 Å². The Balaban J connectivity index is 1.54. The number of rotatable bonds is 10. The number of ether oxygens (including phenoxy) is 1. The fraction of sp³-hybridized carbons (Fsp3) is 0.280. The maximum Gasteiger partial charge on any atom is 0.404 e. The van der Waals surface area contributed by atoms with Crippen LogP contribution in [0.1, 0.15) is 36.8 Å². The molecule has 1 aliphatic heterocycles. The molecule has 0 radical (unpaired) electrons. The molecule has 9 heteroatoms. The van der Waals surface area contributed by atoms with Gasteiger partial charge in [-0.3, -0.25) is 9.59 Å². The Morgan fingerprint density at radius 1 is 1.06 bits per heavy atom. The molecule has 0 atom stereocenters. The highest BCUT2D eigenvalue weighted by molar-refractivity contribution is 6.05. The lowest BCUT2D eigenvalue weighted by Gasteiger charge is -2.08. The Morgan fingerprint density at radius 2 is 1.85 bits per heavy atom. The number of fused-ring (bicyclic) bond motifs is 1. The number of benzene rings is 2. The van der Waals surface area contributed by atoms with E-state index in [1.54, 1.807) is 6.08 Å². The van der Waals surface area contributed by atoms with Crippen molar-refractivity contribution >= 4 is 41.2 Å². The summed E-state index contributed by atoms with van der Waals surface area (Å²) in [5.41, 5.74) is 14.8. The molecule has 9 nitrogen and oxygen atoms in total. The number of aliphatic imine (C=N–C) groups is 1. The van der Waals surface area contributed by atoms with Gasteiger partial charge in [0.15, 0.2) is 0 Å². The lowest BCUT2D eigenvalue weighted by Crippen LogP contribution is -2.29. The van der Waals surface area contributed by atoms with E-state index in [9.17, 15) is 14.4 Å². The van der Waals surface area contributed by atoms with Crippen molar-refractivity contribution in [1.29, 1.82) is 0 Å². The summed E-state index contributed by atoms with van der Waals surface area (Å²) in [5.74, 6) is 0.0678. The first-order valence-corrected chi connectivity index (χ1v) is 11.1. The van der Waals surface area contributed by atoms with E-state index in [0.29, 0.717) is 42.9 Å². The first kappa shape index (κ1) is 24.5. The van der Waals surface area contributed by atoms with Crippen LogP contribution in [0, 0.1) is 0 Å². The van der Waals surface area contributed by atoms with Crippen molar-refractivity contribution in [2.45, 2.75) is 32.1 Å². The summed E-state index contributed by atoms with van der Waals surface area (Å²) in [6, 6.07) is 15.2. The van der Waals surface area contributed by atoms with Gasteiger partial charge in [0.25, 0.3) is 0 Å². The summed E-state index contributed by atoms with van der Waals surface area (Å²) in [5, 5.41) is 5.67. The van der Waals surface area contributed by atoms with E-state index in [4.69, 9.17) is 11.5 Å². The van der Waals surface area contributed by atoms with Crippen LogP contribution in [-0.4, -0.2) is 36.9 Å². The smallest absolute Gasteiger partial charge is 0.404 e. The monoisotopic (exact) mass is 463 g/mol. The molecule has 178 valence electrons. The number of nitrogens with zero attached hydrogens (tertiary/aromatic N) is 1. The van der Waals surface area contributed by atoms with Crippen molar-refractivity contribution in [3.63, 3.8) is 0 Å². The Kier molecular flexibility index (Phi) is 8.79. The molecule has 0 saturated carbocycles. The zero-order chi connectivity index (χ0) is 24.3. The molecule has 2 aromatic carbocycles. The van der Waals surface area contributed by atoms with E-state index < -0.39 is 6.09 Å². The molecule has 0 bridgehead atoms. The van der Waals surface area contributed by atoms with Crippen LogP contribution < -0.4 is 22.1 Å². The summed E-state index contributed by atoms with van der Waals surface area (Å²) in [6.07, 6.45) is 3.45. The first-order chi connectivity index (χ1) is 16.4. The van der Waals surface area contributed by atoms with Crippen LogP contribution in [0.4, 0.5) is 16.2 Å². The predicted molar refractivity (Wildman–Crippen MR) is 131 cm³/mol. The Labute approximate surface area is 198 Å². The molecule has 3 rings (SSSR count). The van der Waals surface area contributed by atoms with Crippen LogP contribution in [0.15, 0.2) is 59.1 Å². The number of anilines is 1. The number of nitrogens with one attached hydrogen (secondary N) is 2. The number of aryl methyl sites for hydroxylation is 1. The number of para-hydroxylation sites is 1. The standard InChI is InChI=1S/C25H29N5O4/c26-22-16-19(24(32)28-12-5-13-34-25(27)33)15-18-11-10-17(14-21(18)30-22)6-4-9-23(31)29-20-7-2-1-3-8-20/h1-3,7-8,10-11,14-15H,4-6,9,12-13,16H2,(H2,26,30)(H2,27,33)(H,28,32)(H,29,31). The fourth-order valence-electron chi connectivity index (χ4n) is 3.50. The number of hydrogen-bond donors (Lipinski definition) is 4. The second-order valence-electron chi connectivity index (χ2n) is 7.89. The molecule has 0 aliphatic carbocycles. The van der Waals surface area contributed by atoms with Crippen LogP contribution in [0.25, 0.3) is 6.08 Å². The number of carbonyl (C=O) groups excluding carboxylic acids is 3. The maximum atomic E-state index is 12.5. The van der Waals surface area contributed by atoms with Gasteiger partial charge < -0.3 is 26.8 Å². The second-order valence-corrected chi connectivity index (χ2v) is 7.89. The Hall–Kier alpha value is -4.14. The summed E-state index contributed by atoms with van der Waals surface area (Å²) < 4.78 is 4.64. The third kappa shape index (κ3) is 7.77. The van der Waals surface area contributed by atoms with Gasteiger partial charge in [-0.25, -0.2) is 9.79 Å². The van der Waals surface area contributed by atoms with E-state index in [0.717, 1.165) is 23.2 Å².